The van der Waals surface area contributed by atoms with Gasteiger partial charge in [-0.05, 0) is 43.0 Å². The first kappa shape index (κ1) is 19.3. The van der Waals surface area contributed by atoms with E-state index >= 15 is 0 Å². The Balaban J connectivity index is 1.32. The highest BCUT2D eigenvalue weighted by molar-refractivity contribution is 5.88. The normalized spacial score (nSPS) is 29.1. The smallest absolute Gasteiger partial charge is 0.242 e. The lowest BCUT2D eigenvalue weighted by atomic mass is 10.0. The molecule has 2 atom stereocenters. The second-order valence-corrected chi connectivity index (χ2v) is 8.41. The largest absolute Gasteiger partial charge is 0.371 e. The van der Waals surface area contributed by atoms with Crippen molar-refractivity contribution in [2.45, 2.75) is 63.3 Å². The average Bonchev–Trinajstić information content (AvgIpc) is 3.41. The number of rotatable bonds is 6. The van der Waals surface area contributed by atoms with Crippen molar-refractivity contribution < 1.29 is 14.3 Å². The summed E-state index contributed by atoms with van der Waals surface area (Å²) >= 11 is 0. The maximum Gasteiger partial charge on any atom is 0.242 e. The number of tetrazole rings is 1. The molecule has 1 aromatic rings. The molecule has 1 N–H and O–H groups in total. The number of likely N-dealkylation sites (tertiary alicyclic amines) is 1. The third-order valence-electron chi connectivity index (χ3n) is 5.90. The number of nitrogens with zero attached hydrogens (tertiary/aromatic N) is 6. The highest BCUT2D eigenvalue weighted by Crippen LogP contribution is 2.34. The van der Waals surface area contributed by atoms with E-state index in [1.165, 1.54) is 0 Å². The van der Waals surface area contributed by atoms with Gasteiger partial charge in [0, 0.05) is 33.1 Å². The van der Waals surface area contributed by atoms with Crippen LogP contribution in [0, 0.1) is 0 Å². The van der Waals surface area contributed by atoms with Gasteiger partial charge in [-0.2, -0.15) is 0 Å². The van der Waals surface area contributed by atoms with Crippen LogP contribution >= 0.6 is 0 Å². The minimum Gasteiger partial charge on any atom is -0.371 e. The highest BCUT2D eigenvalue weighted by atomic mass is 16.5. The number of aromatic nitrogens is 4. The maximum absolute atomic E-state index is 12.6. The molecule has 2 aliphatic heterocycles. The van der Waals surface area contributed by atoms with Crippen LogP contribution in [0.15, 0.2) is 0 Å². The van der Waals surface area contributed by atoms with Gasteiger partial charge in [0.05, 0.1) is 24.8 Å². The van der Waals surface area contributed by atoms with Gasteiger partial charge >= 0.3 is 0 Å². The van der Waals surface area contributed by atoms with E-state index in [4.69, 9.17) is 4.74 Å². The number of ether oxygens (including phenoxy) is 1. The van der Waals surface area contributed by atoms with Crippen molar-refractivity contribution in [3.05, 3.63) is 5.82 Å². The molecule has 154 valence electrons. The predicted octanol–water partition coefficient (Wildman–Crippen LogP) is -0.274. The third kappa shape index (κ3) is 4.17. The maximum atomic E-state index is 12.6. The number of hydrogen-bond donors (Lipinski definition) is 1. The van der Waals surface area contributed by atoms with Crippen LogP contribution in [0.4, 0.5) is 0 Å². The number of morpholine rings is 1. The van der Waals surface area contributed by atoms with E-state index in [0.29, 0.717) is 45.1 Å². The SMILES string of the molecule is CN1C(=O)CCCC1C(=O)NCC1(C)CN(Cc2nnnn2C2CC2)CCO1. The number of carbonyl (C=O) groups excluding carboxylic acids is 2. The second kappa shape index (κ2) is 7.75. The van der Waals surface area contributed by atoms with E-state index < -0.39 is 5.60 Å². The summed E-state index contributed by atoms with van der Waals surface area (Å²) < 4.78 is 7.93. The van der Waals surface area contributed by atoms with E-state index in [9.17, 15) is 9.59 Å². The van der Waals surface area contributed by atoms with Gasteiger partial charge in [0.15, 0.2) is 5.82 Å². The molecule has 2 unspecified atom stereocenters. The summed E-state index contributed by atoms with van der Waals surface area (Å²) in [6, 6.07) is 0.0691. The Labute approximate surface area is 164 Å². The first-order valence-electron chi connectivity index (χ1n) is 10.1. The molecule has 3 heterocycles. The summed E-state index contributed by atoms with van der Waals surface area (Å²) in [5.74, 6) is 0.819. The van der Waals surface area contributed by atoms with Crippen LogP contribution in [0.2, 0.25) is 0 Å². The Morgan fingerprint density at radius 2 is 2.18 bits per heavy atom. The average molecular weight is 391 g/mol. The summed E-state index contributed by atoms with van der Waals surface area (Å²) in [6.45, 7) is 5.19. The van der Waals surface area contributed by atoms with Gasteiger partial charge in [-0.25, -0.2) is 4.68 Å². The first-order chi connectivity index (χ1) is 13.5. The summed E-state index contributed by atoms with van der Waals surface area (Å²) in [4.78, 5) is 28.3. The second-order valence-electron chi connectivity index (χ2n) is 8.41. The number of likely N-dealkylation sites (N-methyl/N-ethyl adjacent to an activating group) is 1. The molecule has 1 aliphatic carbocycles. The Bertz CT molecular complexity index is 735. The molecule has 0 radical (unpaired) electrons. The molecule has 1 aromatic heterocycles. The quantitative estimate of drug-likeness (QED) is 0.711. The molecule has 2 amide bonds. The van der Waals surface area contributed by atoms with Crippen molar-refractivity contribution >= 4 is 11.8 Å². The van der Waals surface area contributed by atoms with Crippen LogP contribution < -0.4 is 5.32 Å². The van der Waals surface area contributed by atoms with Crippen molar-refractivity contribution in [3.8, 4) is 0 Å². The van der Waals surface area contributed by atoms with Crippen molar-refractivity contribution in [1.82, 2.24) is 35.3 Å². The lowest BCUT2D eigenvalue weighted by Gasteiger charge is -2.41. The summed E-state index contributed by atoms with van der Waals surface area (Å²) in [5.41, 5.74) is -0.483. The van der Waals surface area contributed by atoms with Crippen LogP contribution in [0.25, 0.3) is 0 Å². The number of carbonyl (C=O) groups is 2. The summed E-state index contributed by atoms with van der Waals surface area (Å²) in [6.07, 6.45) is 4.28. The van der Waals surface area contributed by atoms with E-state index in [1.807, 2.05) is 11.6 Å². The molecule has 0 aromatic carbocycles. The fourth-order valence-electron chi connectivity index (χ4n) is 4.07. The van der Waals surface area contributed by atoms with E-state index in [2.05, 4.69) is 25.7 Å². The molecule has 4 rings (SSSR count). The number of piperidine rings is 1. The molecule has 10 nitrogen and oxygen atoms in total. The zero-order valence-electron chi connectivity index (χ0n) is 16.6. The van der Waals surface area contributed by atoms with Crippen molar-refractivity contribution in [2.24, 2.45) is 0 Å². The van der Waals surface area contributed by atoms with Gasteiger partial charge in [0.2, 0.25) is 11.8 Å². The third-order valence-corrected chi connectivity index (χ3v) is 5.90. The minimum absolute atomic E-state index is 0.0334. The van der Waals surface area contributed by atoms with Crippen LogP contribution in [-0.2, 0) is 20.9 Å². The van der Waals surface area contributed by atoms with Crippen LogP contribution in [0.5, 0.6) is 0 Å². The zero-order chi connectivity index (χ0) is 19.7. The fraction of sp³-hybridized carbons (Fsp3) is 0.833. The van der Waals surface area contributed by atoms with Crippen molar-refractivity contribution in [3.63, 3.8) is 0 Å². The first-order valence-corrected chi connectivity index (χ1v) is 10.1. The zero-order valence-corrected chi connectivity index (χ0v) is 16.6. The summed E-state index contributed by atoms with van der Waals surface area (Å²) in [7, 11) is 1.70. The Kier molecular flexibility index (Phi) is 5.33. The molecular formula is C18H29N7O3. The van der Waals surface area contributed by atoms with E-state index in [1.54, 1.807) is 11.9 Å². The van der Waals surface area contributed by atoms with Crippen LogP contribution in [-0.4, -0.2) is 86.8 Å². The van der Waals surface area contributed by atoms with Crippen molar-refractivity contribution in [2.75, 3.05) is 33.3 Å². The lowest BCUT2D eigenvalue weighted by Crippen LogP contribution is -2.58. The monoisotopic (exact) mass is 391 g/mol. The molecule has 0 spiro atoms. The standard InChI is InChI=1S/C18H29N7O3/c1-18(11-19-17(27)14-4-3-5-16(26)23(14)2)12-24(8-9-28-18)10-15-20-21-22-25(15)13-6-7-13/h13-14H,3-12H2,1-2H3,(H,19,27). The molecule has 3 aliphatic rings. The molecule has 2 saturated heterocycles. The molecule has 10 heteroatoms. The number of hydrogen-bond acceptors (Lipinski definition) is 7. The number of amides is 2. The van der Waals surface area contributed by atoms with Gasteiger partial charge in [0.1, 0.15) is 6.04 Å². The van der Waals surface area contributed by atoms with Crippen LogP contribution in [0.3, 0.4) is 0 Å². The van der Waals surface area contributed by atoms with Crippen molar-refractivity contribution in [1.29, 1.82) is 0 Å². The van der Waals surface area contributed by atoms with Gasteiger partial charge in [-0.1, -0.05) is 0 Å². The Hall–Kier alpha value is -2.07. The summed E-state index contributed by atoms with van der Waals surface area (Å²) in [5, 5.41) is 15.1. The predicted molar refractivity (Wildman–Crippen MR) is 99.1 cm³/mol. The highest BCUT2D eigenvalue weighted by Gasteiger charge is 2.36. The Morgan fingerprint density at radius 1 is 1.36 bits per heavy atom. The van der Waals surface area contributed by atoms with Gasteiger partial charge in [-0.3, -0.25) is 14.5 Å². The molecule has 1 saturated carbocycles. The van der Waals surface area contributed by atoms with Gasteiger partial charge in [0.25, 0.3) is 0 Å². The molecular weight excluding hydrogens is 362 g/mol. The lowest BCUT2D eigenvalue weighted by molar-refractivity contribution is -0.143. The topological polar surface area (TPSA) is 105 Å². The van der Waals surface area contributed by atoms with Gasteiger partial charge < -0.3 is 15.0 Å². The van der Waals surface area contributed by atoms with E-state index in [-0.39, 0.29) is 17.9 Å². The number of nitrogens with one attached hydrogen (secondary N) is 1. The minimum atomic E-state index is -0.483. The molecule has 28 heavy (non-hydrogen) atoms. The van der Waals surface area contributed by atoms with E-state index in [0.717, 1.165) is 31.6 Å². The fourth-order valence-corrected chi connectivity index (χ4v) is 4.07. The Morgan fingerprint density at radius 3 is 2.96 bits per heavy atom. The van der Waals surface area contributed by atoms with Gasteiger partial charge in [-0.15, -0.1) is 5.10 Å². The molecule has 3 fully saturated rings. The molecule has 0 bridgehead atoms. The van der Waals surface area contributed by atoms with Crippen LogP contribution in [0.1, 0.15) is 50.9 Å².